The van der Waals surface area contributed by atoms with E-state index in [1.54, 1.807) is 30.9 Å². The molecule has 1 unspecified atom stereocenters. The second kappa shape index (κ2) is 17.2. The Labute approximate surface area is 371 Å². The number of amides is 3. The summed E-state index contributed by atoms with van der Waals surface area (Å²) < 4.78 is 3.16. The fourth-order valence-electron chi connectivity index (χ4n) is 9.29. The maximum absolute atomic E-state index is 13.4. The van der Waals surface area contributed by atoms with Crippen LogP contribution in [-0.2, 0) is 9.59 Å². The summed E-state index contributed by atoms with van der Waals surface area (Å²) in [6.45, 7) is 6.74. The van der Waals surface area contributed by atoms with Crippen LogP contribution in [0.15, 0.2) is 78.1 Å². The van der Waals surface area contributed by atoms with Crippen molar-refractivity contribution in [2.45, 2.75) is 56.7 Å². The van der Waals surface area contributed by atoms with Crippen molar-refractivity contribution in [1.82, 2.24) is 50.0 Å². The zero-order chi connectivity index (χ0) is 43.2. The van der Waals surface area contributed by atoms with Gasteiger partial charge in [0.2, 0.25) is 5.91 Å². The van der Waals surface area contributed by atoms with E-state index in [0.717, 1.165) is 93.2 Å². The first-order valence-corrected chi connectivity index (χ1v) is 22.2. The normalized spacial score (nSPS) is 21.1. The first-order chi connectivity index (χ1) is 30.6. The van der Waals surface area contributed by atoms with Crippen molar-refractivity contribution in [3.63, 3.8) is 0 Å². The minimum atomic E-state index is -0.848. The van der Waals surface area contributed by atoms with Crippen LogP contribution in [0.1, 0.15) is 61.0 Å². The van der Waals surface area contributed by atoms with Crippen molar-refractivity contribution in [3.8, 4) is 0 Å². The van der Waals surface area contributed by atoms with E-state index in [1.165, 1.54) is 5.69 Å². The van der Waals surface area contributed by atoms with Crippen LogP contribution in [0, 0.1) is 5.92 Å². The SMILES string of the molecule is O=C1CCC(n2nnc3ccc(N4CCC(CN5CCN(c6ccc(Nc7ncnc8c7ncn8C7CC(NC(=O)c8c(Cl)cccc8Cl)C7)cc6)CC5)CC4)cc3c2=O)C(=O)N1. The molecule has 10 rings (SSSR count). The molecular formula is C44H45Cl2N13O4. The van der Waals surface area contributed by atoms with Crippen molar-refractivity contribution in [2.75, 3.05) is 60.9 Å². The summed E-state index contributed by atoms with van der Waals surface area (Å²) in [5, 5.41) is 18.1. The monoisotopic (exact) mass is 889 g/mol. The molecule has 63 heavy (non-hydrogen) atoms. The third kappa shape index (κ3) is 8.27. The number of piperidine rings is 2. The zero-order valence-electron chi connectivity index (χ0n) is 34.3. The van der Waals surface area contributed by atoms with Crippen molar-refractivity contribution < 1.29 is 14.4 Å². The Balaban J connectivity index is 0.691. The van der Waals surface area contributed by atoms with Gasteiger partial charge in [-0.3, -0.25) is 29.4 Å². The predicted octanol–water partition coefficient (Wildman–Crippen LogP) is 5.13. The van der Waals surface area contributed by atoms with Gasteiger partial charge in [0.05, 0.1) is 27.3 Å². The van der Waals surface area contributed by atoms with E-state index in [4.69, 9.17) is 23.2 Å². The van der Waals surface area contributed by atoms with Crippen LogP contribution in [0.5, 0.6) is 0 Å². The molecule has 1 atom stereocenters. The highest BCUT2D eigenvalue weighted by molar-refractivity contribution is 6.39. The highest BCUT2D eigenvalue weighted by atomic mass is 35.5. The number of piperazine rings is 1. The van der Waals surface area contributed by atoms with E-state index in [2.05, 4.69) is 84.7 Å². The smallest absolute Gasteiger partial charge is 0.278 e. The molecule has 0 bridgehead atoms. The molecule has 3 N–H and O–H groups in total. The lowest BCUT2D eigenvalue weighted by Gasteiger charge is -2.40. The standard InChI is InChI=1S/C44H45Cl2N13O4/c45-33-2-1-3-34(46)38(33)43(62)51-28-20-31(21-28)58-25-49-39-40(47-24-48-41(39)58)50-27-4-6-29(7-5-27)57-18-16-55(17-19-57)23-26-12-14-56(15-13-26)30-8-9-35-32(22-30)44(63)59(54-53-35)36-10-11-37(60)52-42(36)61/h1-9,22,24-26,28,31,36H,10-21,23H2,(H,51,62)(H,47,48,50)(H,52,60,61). The molecule has 1 aliphatic carbocycles. The van der Waals surface area contributed by atoms with Crippen LogP contribution in [0.4, 0.5) is 22.9 Å². The maximum Gasteiger partial charge on any atom is 0.278 e. The average Bonchev–Trinajstić information content (AvgIpc) is 3.70. The van der Waals surface area contributed by atoms with Gasteiger partial charge in [0.15, 0.2) is 17.0 Å². The van der Waals surface area contributed by atoms with Crippen LogP contribution in [0.3, 0.4) is 0 Å². The third-order valence-electron chi connectivity index (χ3n) is 12.9. The molecule has 19 heteroatoms. The van der Waals surface area contributed by atoms with Gasteiger partial charge in [-0.05, 0) is 92.6 Å². The van der Waals surface area contributed by atoms with Gasteiger partial charge in [0.25, 0.3) is 17.4 Å². The molecule has 3 saturated heterocycles. The highest BCUT2D eigenvalue weighted by Gasteiger charge is 2.34. The Bertz CT molecular complexity index is 2760. The summed E-state index contributed by atoms with van der Waals surface area (Å²) >= 11 is 12.5. The minimum Gasteiger partial charge on any atom is -0.371 e. The Hall–Kier alpha value is -6.17. The van der Waals surface area contributed by atoms with E-state index in [1.807, 2.05) is 18.2 Å². The molecule has 1 saturated carbocycles. The van der Waals surface area contributed by atoms with Crippen molar-refractivity contribution in [2.24, 2.45) is 5.92 Å². The Morgan fingerprint density at radius 1 is 0.825 bits per heavy atom. The van der Waals surface area contributed by atoms with Crippen LogP contribution >= 0.6 is 23.2 Å². The summed E-state index contributed by atoms with van der Waals surface area (Å²) in [5.74, 6) is 0.0778. The molecule has 4 aliphatic rings. The first-order valence-electron chi connectivity index (χ1n) is 21.4. The number of benzene rings is 3. The fraction of sp³-hybridized carbons (Fsp3) is 0.386. The number of nitrogens with zero attached hydrogens (tertiary/aromatic N) is 10. The van der Waals surface area contributed by atoms with Crippen LogP contribution < -0.4 is 31.3 Å². The van der Waals surface area contributed by atoms with Crippen LogP contribution in [0.25, 0.3) is 22.1 Å². The second-order valence-electron chi connectivity index (χ2n) is 16.8. The van der Waals surface area contributed by atoms with Crippen molar-refractivity contribution in [1.29, 1.82) is 0 Å². The van der Waals surface area contributed by atoms with Crippen LogP contribution in [0.2, 0.25) is 10.0 Å². The predicted molar refractivity (Wildman–Crippen MR) is 240 cm³/mol. The van der Waals surface area contributed by atoms with Gasteiger partial charge in [-0.1, -0.05) is 34.5 Å². The number of hydrogen-bond acceptors (Lipinski definition) is 13. The first kappa shape index (κ1) is 40.9. The molecular weight excluding hydrogens is 845 g/mol. The number of carbonyl (C=O) groups excluding carboxylic acids is 3. The van der Waals surface area contributed by atoms with Gasteiger partial charge < -0.3 is 25.0 Å². The maximum atomic E-state index is 13.4. The van der Waals surface area contributed by atoms with Gasteiger partial charge in [-0.15, -0.1) is 5.10 Å². The molecule has 0 radical (unpaired) electrons. The second-order valence-corrected chi connectivity index (χ2v) is 17.7. The van der Waals surface area contributed by atoms with E-state index in [-0.39, 0.29) is 42.3 Å². The van der Waals surface area contributed by atoms with Gasteiger partial charge >= 0.3 is 0 Å². The Morgan fingerprint density at radius 3 is 2.30 bits per heavy atom. The lowest BCUT2D eigenvalue weighted by molar-refractivity contribution is -0.136. The molecule has 3 aliphatic heterocycles. The quantitative estimate of drug-likeness (QED) is 0.154. The largest absolute Gasteiger partial charge is 0.371 e. The van der Waals surface area contributed by atoms with Crippen molar-refractivity contribution in [3.05, 3.63) is 99.3 Å². The number of aromatic nitrogens is 7. The summed E-state index contributed by atoms with van der Waals surface area (Å²) in [6.07, 6.45) is 7.30. The highest BCUT2D eigenvalue weighted by Crippen LogP contribution is 2.36. The number of nitrogens with one attached hydrogen (secondary N) is 3. The minimum absolute atomic E-state index is 0.0133. The summed E-state index contributed by atoms with van der Waals surface area (Å²) in [7, 11) is 0. The Kier molecular flexibility index (Phi) is 11.1. The van der Waals surface area contributed by atoms with Gasteiger partial charge in [0.1, 0.15) is 17.9 Å². The number of imidazole rings is 1. The summed E-state index contributed by atoms with van der Waals surface area (Å²) in [6, 6.07) is 18.4. The number of fused-ring (bicyclic) bond motifs is 2. The molecule has 3 aromatic heterocycles. The Morgan fingerprint density at radius 2 is 1.56 bits per heavy atom. The van der Waals surface area contributed by atoms with Crippen molar-refractivity contribution >= 4 is 85.9 Å². The van der Waals surface area contributed by atoms with E-state index in [9.17, 15) is 19.2 Å². The van der Waals surface area contributed by atoms with Crippen LogP contribution in [-0.4, -0.2) is 109 Å². The average molecular weight is 891 g/mol. The number of anilines is 4. The number of imide groups is 1. The van der Waals surface area contributed by atoms with E-state index < -0.39 is 11.9 Å². The van der Waals surface area contributed by atoms with E-state index >= 15 is 0 Å². The molecule has 3 aromatic carbocycles. The molecule has 17 nitrogen and oxygen atoms in total. The number of hydrogen-bond donors (Lipinski definition) is 3. The number of carbonyl (C=O) groups is 3. The summed E-state index contributed by atoms with van der Waals surface area (Å²) in [4.78, 5) is 71.4. The van der Waals surface area contributed by atoms with Gasteiger partial charge in [0, 0.05) is 81.4 Å². The molecule has 6 heterocycles. The van der Waals surface area contributed by atoms with E-state index in [0.29, 0.717) is 43.8 Å². The van der Waals surface area contributed by atoms with Gasteiger partial charge in [-0.25, -0.2) is 15.0 Å². The molecule has 6 aromatic rings. The third-order valence-corrected chi connectivity index (χ3v) is 13.6. The lowest BCUT2D eigenvalue weighted by Crippen LogP contribution is -2.49. The zero-order valence-corrected chi connectivity index (χ0v) is 35.8. The summed E-state index contributed by atoms with van der Waals surface area (Å²) in [5.41, 5.74) is 4.86. The number of halogens is 2. The molecule has 4 fully saturated rings. The number of rotatable bonds is 10. The molecule has 3 amide bonds. The molecule has 0 spiro atoms. The van der Waals surface area contributed by atoms with Gasteiger partial charge in [-0.2, -0.15) is 4.68 Å². The fourth-order valence-corrected chi connectivity index (χ4v) is 9.86. The molecule has 324 valence electrons. The topological polar surface area (TPSA) is 188 Å². The lowest BCUT2D eigenvalue weighted by atomic mass is 9.86.